The van der Waals surface area contributed by atoms with Crippen molar-refractivity contribution in [1.29, 1.82) is 0 Å². The van der Waals surface area contributed by atoms with Crippen LogP contribution in [0.5, 0.6) is 5.75 Å². The molecule has 0 bridgehead atoms. The highest BCUT2D eigenvalue weighted by Crippen LogP contribution is 2.17. The first-order valence-electron chi connectivity index (χ1n) is 6.29. The summed E-state index contributed by atoms with van der Waals surface area (Å²) in [5.41, 5.74) is 1.19. The minimum atomic E-state index is -0.328. The number of hydrogen-bond acceptors (Lipinski definition) is 4. The Bertz CT molecular complexity index is 602. The van der Waals surface area contributed by atoms with Crippen LogP contribution >= 0.6 is 0 Å². The maximum atomic E-state index is 11.8. The smallest absolute Gasteiger partial charge is 0.249 e. The Morgan fingerprint density at radius 2 is 2.53 bits per heavy atom. The molecule has 1 fully saturated rings. The lowest BCUT2D eigenvalue weighted by molar-refractivity contribution is -0.130. The van der Waals surface area contributed by atoms with Crippen LogP contribution in [0, 0.1) is 0 Å². The quantitative estimate of drug-likeness (QED) is 0.858. The molecule has 2 aromatic rings. The van der Waals surface area contributed by atoms with Gasteiger partial charge in [0.05, 0.1) is 12.2 Å². The molecule has 1 aliphatic rings. The molecular weight excluding hydrogens is 246 g/mol. The number of amides is 1. The molecule has 6 nitrogen and oxygen atoms in total. The Hall–Kier alpha value is -2.08. The number of carbonyl (C=O) groups excluding carboxylic acids is 1. The zero-order chi connectivity index (χ0) is 13.2. The number of nitrogens with zero attached hydrogens (tertiary/aromatic N) is 2. The monoisotopic (exact) mass is 261 g/mol. The summed E-state index contributed by atoms with van der Waals surface area (Å²) in [4.78, 5) is 16.0. The van der Waals surface area contributed by atoms with Crippen LogP contribution < -0.4 is 5.32 Å². The molecule has 2 N–H and O–H groups in total. The van der Waals surface area contributed by atoms with Crippen LogP contribution in [0.1, 0.15) is 18.5 Å². The van der Waals surface area contributed by atoms with Crippen molar-refractivity contribution in [3.8, 4) is 5.75 Å². The third-order valence-electron chi connectivity index (χ3n) is 3.18. The van der Waals surface area contributed by atoms with Gasteiger partial charge in [-0.3, -0.25) is 4.79 Å². The normalized spacial score (nSPS) is 18.8. The molecule has 0 saturated carbocycles. The van der Waals surface area contributed by atoms with Crippen molar-refractivity contribution in [2.45, 2.75) is 25.5 Å². The van der Waals surface area contributed by atoms with Gasteiger partial charge in [0.15, 0.2) is 11.4 Å². The van der Waals surface area contributed by atoms with Crippen molar-refractivity contribution >= 4 is 11.6 Å². The van der Waals surface area contributed by atoms with Gasteiger partial charge in [0, 0.05) is 19.0 Å². The fourth-order valence-electron chi connectivity index (χ4n) is 2.21. The van der Waals surface area contributed by atoms with E-state index in [1.54, 1.807) is 28.9 Å². The second kappa shape index (κ2) is 4.89. The highest BCUT2D eigenvalue weighted by molar-refractivity contribution is 5.80. The molecule has 3 heterocycles. The average Bonchev–Trinajstić information content (AvgIpc) is 3.05. The van der Waals surface area contributed by atoms with Crippen molar-refractivity contribution in [3.63, 3.8) is 0 Å². The Morgan fingerprint density at radius 1 is 1.63 bits per heavy atom. The number of aromatic hydroxyl groups is 1. The van der Waals surface area contributed by atoms with Crippen LogP contribution in [0.25, 0.3) is 5.65 Å². The van der Waals surface area contributed by atoms with Gasteiger partial charge in [-0.05, 0) is 25.0 Å². The maximum absolute atomic E-state index is 11.8. The van der Waals surface area contributed by atoms with Crippen LogP contribution in [-0.2, 0) is 16.1 Å². The number of rotatable bonds is 3. The van der Waals surface area contributed by atoms with Crippen molar-refractivity contribution < 1.29 is 14.6 Å². The zero-order valence-electron chi connectivity index (χ0n) is 10.4. The summed E-state index contributed by atoms with van der Waals surface area (Å²) in [7, 11) is 0. The van der Waals surface area contributed by atoms with Crippen LogP contribution in [0.15, 0.2) is 24.5 Å². The average molecular weight is 261 g/mol. The molecule has 0 aromatic carbocycles. The lowest BCUT2D eigenvalue weighted by atomic mass is 10.2. The number of ether oxygens (including phenoxy) is 1. The summed E-state index contributed by atoms with van der Waals surface area (Å²) in [6.45, 7) is 0.986. The number of carbonyl (C=O) groups is 1. The van der Waals surface area contributed by atoms with Gasteiger partial charge in [-0.15, -0.1) is 0 Å². The third-order valence-corrected chi connectivity index (χ3v) is 3.18. The number of pyridine rings is 1. The van der Waals surface area contributed by atoms with Gasteiger partial charge in [0.2, 0.25) is 5.91 Å². The van der Waals surface area contributed by atoms with Gasteiger partial charge in [-0.1, -0.05) is 0 Å². The maximum Gasteiger partial charge on any atom is 0.249 e. The van der Waals surface area contributed by atoms with Crippen molar-refractivity contribution in [1.82, 2.24) is 14.7 Å². The van der Waals surface area contributed by atoms with E-state index in [1.165, 1.54) is 0 Å². The minimum Gasteiger partial charge on any atom is -0.504 e. The number of fused-ring (bicyclic) bond motifs is 1. The molecule has 1 amide bonds. The number of aromatic nitrogens is 2. The van der Waals surface area contributed by atoms with E-state index in [4.69, 9.17) is 4.74 Å². The molecule has 0 spiro atoms. The molecule has 19 heavy (non-hydrogen) atoms. The largest absolute Gasteiger partial charge is 0.504 e. The summed E-state index contributed by atoms with van der Waals surface area (Å²) < 4.78 is 7.03. The number of imidazole rings is 1. The molecule has 2 aromatic heterocycles. The van der Waals surface area contributed by atoms with E-state index >= 15 is 0 Å². The fraction of sp³-hybridized carbons (Fsp3) is 0.385. The summed E-state index contributed by atoms with van der Waals surface area (Å²) in [6, 6.07) is 3.32. The molecular formula is C13H15N3O3. The second-order valence-electron chi connectivity index (χ2n) is 4.58. The number of nitrogens with one attached hydrogen (secondary N) is 1. The molecule has 1 unspecified atom stereocenters. The van der Waals surface area contributed by atoms with Crippen molar-refractivity contribution in [3.05, 3.63) is 30.2 Å². The molecule has 1 aliphatic heterocycles. The van der Waals surface area contributed by atoms with Gasteiger partial charge < -0.3 is 19.6 Å². The van der Waals surface area contributed by atoms with Gasteiger partial charge in [-0.25, -0.2) is 4.98 Å². The Kier molecular flexibility index (Phi) is 3.08. The van der Waals surface area contributed by atoms with E-state index in [1.807, 2.05) is 0 Å². The van der Waals surface area contributed by atoms with E-state index in [-0.39, 0.29) is 17.8 Å². The first-order valence-corrected chi connectivity index (χ1v) is 6.29. The predicted octanol–water partition coefficient (Wildman–Crippen LogP) is 0.835. The third kappa shape index (κ3) is 2.39. The predicted molar refractivity (Wildman–Crippen MR) is 67.7 cm³/mol. The molecule has 1 atom stereocenters. The van der Waals surface area contributed by atoms with E-state index in [0.717, 1.165) is 12.8 Å². The Balaban J connectivity index is 1.68. The number of hydrogen-bond donors (Lipinski definition) is 2. The van der Waals surface area contributed by atoms with E-state index in [2.05, 4.69) is 10.3 Å². The molecule has 0 aliphatic carbocycles. The fourth-order valence-corrected chi connectivity index (χ4v) is 2.21. The second-order valence-corrected chi connectivity index (χ2v) is 4.58. The van der Waals surface area contributed by atoms with Crippen LogP contribution in [0.3, 0.4) is 0 Å². The van der Waals surface area contributed by atoms with E-state index in [9.17, 15) is 9.90 Å². The lowest BCUT2D eigenvalue weighted by Crippen LogP contribution is -2.33. The van der Waals surface area contributed by atoms with Gasteiger partial charge in [0.1, 0.15) is 6.10 Å². The summed E-state index contributed by atoms with van der Waals surface area (Å²) in [5, 5.41) is 12.4. The van der Waals surface area contributed by atoms with Gasteiger partial charge >= 0.3 is 0 Å². The SMILES string of the molecule is O=C(NCc1cn2cccc(O)c2n1)C1CCCO1. The minimum absolute atomic E-state index is 0.0984. The zero-order valence-corrected chi connectivity index (χ0v) is 10.4. The Labute approximate surface area is 110 Å². The summed E-state index contributed by atoms with van der Waals surface area (Å²) >= 11 is 0. The lowest BCUT2D eigenvalue weighted by Gasteiger charge is -2.08. The van der Waals surface area contributed by atoms with Crippen LogP contribution in [0.4, 0.5) is 0 Å². The first-order chi connectivity index (χ1) is 9.24. The summed E-state index contributed by atoms with van der Waals surface area (Å²) in [5.74, 6) is 0.0259. The van der Waals surface area contributed by atoms with Crippen molar-refractivity contribution in [2.75, 3.05) is 6.61 Å². The van der Waals surface area contributed by atoms with Crippen LogP contribution in [-0.4, -0.2) is 33.1 Å². The molecule has 0 radical (unpaired) electrons. The molecule has 6 heteroatoms. The van der Waals surface area contributed by atoms with Crippen LogP contribution in [0.2, 0.25) is 0 Å². The van der Waals surface area contributed by atoms with Crippen molar-refractivity contribution in [2.24, 2.45) is 0 Å². The Morgan fingerprint density at radius 3 is 3.26 bits per heavy atom. The molecule has 100 valence electrons. The first kappa shape index (κ1) is 12.0. The highest BCUT2D eigenvalue weighted by atomic mass is 16.5. The summed E-state index contributed by atoms with van der Waals surface area (Å²) in [6.07, 6.45) is 4.96. The van der Waals surface area contributed by atoms with E-state index in [0.29, 0.717) is 24.5 Å². The molecule has 1 saturated heterocycles. The highest BCUT2D eigenvalue weighted by Gasteiger charge is 2.23. The van der Waals surface area contributed by atoms with Gasteiger partial charge in [0.25, 0.3) is 0 Å². The van der Waals surface area contributed by atoms with E-state index < -0.39 is 0 Å². The molecule has 3 rings (SSSR count). The van der Waals surface area contributed by atoms with Gasteiger partial charge in [-0.2, -0.15) is 0 Å². The topological polar surface area (TPSA) is 75.9 Å². The standard InChI is InChI=1S/C13H15N3O3/c17-10-3-1-5-16-8-9(15-12(10)16)7-14-13(18)11-4-2-6-19-11/h1,3,5,8,11,17H,2,4,6-7H2,(H,14,18).